The monoisotopic (exact) mass is 177 g/mol. The third kappa shape index (κ3) is 1.78. The average molecular weight is 177 g/mol. The summed E-state index contributed by atoms with van der Waals surface area (Å²) in [6.07, 6.45) is 0. The molecule has 0 fully saturated rings. The molecule has 0 aliphatic heterocycles. The highest BCUT2D eigenvalue weighted by atomic mass is 28.3. The van der Waals surface area contributed by atoms with Gasteiger partial charge in [-0.2, -0.15) is 0 Å². The molecule has 0 nitrogen and oxygen atoms in total. The molecule has 0 amide bonds. The van der Waals surface area contributed by atoms with Crippen LogP contribution in [-0.4, -0.2) is 8.80 Å². The molecule has 65 valence electrons. The minimum absolute atomic E-state index is 0.289. The van der Waals surface area contributed by atoms with E-state index >= 15 is 0 Å². The van der Waals surface area contributed by atoms with Crippen LogP contribution < -0.4 is 5.19 Å². The first-order valence-corrected chi connectivity index (χ1v) is 6.90. The van der Waals surface area contributed by atoms with Crippen LogP contribution in [0.4, 0.5) is 0 Å². The molecule has 1 aromatic carbocycles. The highest BCUT2D eigenvalue weighted by Gasteiger charge is 2.07. The van der Waals surface area contributed by atoms with Gasteiger partial charge in [-0.25, -0.2) is 0 Å². The van der Waals surface area contributed by atoms with Crippen molar-refractivity contribution >= 4 is 14.0 Å². The summed E-state index contributed by atoms with van der Waals surface area (Å²) in [5, 5.41) is 1.62. The molecule has 0 unspecified atom stereocenters. The molecular formula is C11H17Si. The van der Waals surface area contributed by atoms with Crippen LogP contribution in [0.2, 0.25) is 13.1 Å². The van der Waals surface area contributed by atoms with Gasteiger partial charge < -0.3 is 0 Å². The van der Waals surface area contributed by atoms with Crippen molar-refractivity contribution in [2.45, 2.75) is 33.9 Å². The van der Waals surface area contributed by atoms with Crippen LogP contribution in [0.25, 0.3) is 0 Å². The molecule has 0 atom stereocenters. The maximum absolute atomic E-state index is 2.36. The van der Waals surface area contributed by atoms with E-state index < -0.39 is 0 Å². The standard InChI is InChI=1S/C11H17Si/c1-8-6-9(2)11(12(4)5)10(3)7-8/h6-7H,1-5H3. The second kappa shape index (κ2) is 3.44. The summed E-state index contributed by atoms with van der Waals surface area (Å²) < 4.78 is 0. The lowest BCUT2D eigenvalue weighted by Gasteiger charge is -2.13. The largest absolute Gasteiger partial charge is 0.0798 e. The Kier molecular flexibility index (Phi) is 2.73. The lowest BCUT2D eigenvalue weighted by atomic mass is 10.1. The molecule has 1 aromatic rings. The Morgan fingerprint density at radius 3 is 1.67 bits per heavy atom. The van der Waals surface area contributed by atoms with Crippen molar-refractivity contribution in [1.29, 1.82) is 0 Å². The van der Waals surface area contributed by atoms with Crippen molar-refractivity contribution in [3.05, 3.63) is 28.8 Å². The Bertz CT molecular complexity index is 264. The number of aryl methyl sites for hydroxylation is 3. The minimum Gasteiger partial charge on any atom is -0.0671 e. The summed E-state index contributed by atoms with van der Waals surface area (Å²) >= 11 is 0. The van der Waals surface area contributed by atoms with Crippen LogP contribution in [0.1, 0.15) is 16.7 Å². The molecular weight excluding hydrogens is 160 g/mol. The van der Waals surface area contributed by atoms with Gasteiger partial charge >= 0.3 is 0 Å². The van der Waals surface area contributed by atoms with Crippen LogP contribution in [0.5, 0.6) is 0 Å². The van der Waals surface area contributed by atoms with E-state index in [-0.39, 0.29) is 8.80 Å². The summed E-state index contributed by atoms with van der Waals surface area (Å²) in [7, 11) is -0.289. The molecule has 0 heterocycles. The highest BCUT2D eigenvalue weighted by Crippen LogP contribution is 2.06. The SMILES string of the molecule is Cc1cc(C)c([Si](C)C)c(C)c1. The lowest BCUT2D eigenvalue weighted by molar-refractivity contribution is 1.35. The highest BCUT2D eigenvalue weighted by molar-refractivity contribution is 6.71. The van der Waals surface area contributed by atoms with Gasteiger partial charge in [0.1, 0.15) is 0 Å². The lowest BCUT2D eigenvalue weighted by Crippen LogP contribution is -2.28. The fourth-order valence-corrected chi connectivity index (χ4v) is 3.69. The van der Waals surface area contributed by atoms with Crippen LogP contribution in [-0.2, 0) is 0 Å². The first-order valence-electron chi connectivity index (χ1n) is 4.40. The quantitative estimate of drug-likeness (QED) is 0.578. The first kappa shape index (κ1) is 9.52. The summed E-state index contributed by atoms with van der Waals surface area (Å²) in [4.78, 5) is 0. The van der Waals surface area contributed by atoms with Crippen molar-refractivity contribution < 1.29 is 0 Å². The van der Waals surface area contributed by atoms with Gasteiger partial charge in [0.25, 0.3) is 0 Å². The zero-order valence-corrected chi connectivity index (χ0v) is 9.65. The van der Waals surface area contributed by atoms with Crippen LogP contribution in [0.15, 0.2) is 12.1 Å². The average Bonchev–Trinajstić information content (AvgIpc) is 1.82. The van der Waals surface area contributed by atoms with Crippen molar-refractivity contribution in [3.63, 3.8) is 0 Å². The van der Waals surface area contributed by atoms with E-state index in [2.05, 4.69) is 46.0 Å². The summed E-state index contributed by atoms with van der Waals surface area (Å²) in [5.74, 6) is 0. The Morgan fingerprint density at radius 1 is 0.917 bits per heavy atom. The third-order valence-electron chi connectivity index (χ3n) is 2.18. The molecule has 0 aromatic heterocycles. The van der Waals surface area contributed by atoms with E-state index in [9.17, 15) is 0 Å². The van der Waals surface area contributed by atoms with Crippen LogP contribution >= 0.6 is 0 Å². The zero-order valence-electron chi connectivity index (χ0n) is 8.65. The second-order valence-electron chi connectivity index (χ2n) is 3.77. The van der Waals surface area contributed by atoms with E-state index in [1.807, 2.05) is 0 Å². The summed E-state index contributed by atoms with van der Waals surface area (Å²) in [6.45, 7) is 11.3. The molecule has 0 bridgehead atoms. The number of rotatable bonds is 1. The maximum Gasteiger partial charge on any atom is 0.0798 e. The van der Waals surface area contributed by atoms with Gasteiger partial charge in [-0.15, -0.1) is 0 Å². The van der Waals surface area contributed by atoms with E-state index in [0.717, 1.165) is 0 Å². The third-order valence-corrected chi connectivity index (χ3v) is 3.97. The molecule has 1 rings (SSSR count). The van der Waals surface area contributed by atoms with E-state index in [1.165, 1.54) is 16.7 Å². The molecule has 1 radical (unpaired) electrons. The minimum atomic E-state index is -0.289. The molecule has 0 aliphatic carbocycles. The molecule has 0 saturated carbocycles. The molecule has 12 heavy (non-hydrogen) atoms. The molecule has 1 heteroatoms. The first-order chi connectivity index (χ1) is 5.52. The van der Waals surface area contributed by atoms with Gasteiger partial charge in [-0.05, 0) is 20.8 Å². The Labute approximate surface area is 77.2 Å². The Hall–Kier alpha value is -0.563. The molecule has 0 saturated heterocycles. The van der Waals surface area contributed by atoms with E-state index in [0.29, 0.717) is 0 Å². The van der Waals surface area contributed by atoms with Crippen molar-refractivity contribution in [3.8, 4) is 0 Å². The summed E-state index contributed by atoms with van der Waals surface area (Å²) in [5.41, 5.74) is 4.34. The molecule has 0 aliphatic rings. The molecule has 0 N–H and O–H groups in total. The Balaban J connectivity index is 3.28. The van der Waals surface area contributed by atoms with Crippen molar-refractivity contribution in [2.75, 3.05) is 0 Å². The van der Waals surface area contributed by atoms with Gasteiger partial charge in [0, 0.05) is 0 Å². The number of hydrogen-bond donors (Lipinski definition) is 0. The van der Waals surface area contributed by atoms with Gasteiger partial charge in [0.05, 0.1) is 8.80 Å². The topological polar surface area (TPSA) is 0 Å². The van der Waals surface area contributed by atoms with Crippen LogP contribution in [0, 0.1) is 20.8 Å². The normalized spacial score (nSPS) is 10.8. The number of hydrogen-bond acceptors (Lipinski definition) is 0. The Morgan fingerprint density at radius 2 is 1.33 bits per heavy atom. The van der Waals surface area contributed by atoms with Gasteiger partial charge in [0.15, 0.2) is 0 Å². The second-order valence-corrected chi connectivity index (χ2v) is 6.27. The zero-order chi connectivity index (χ0) is 9.30. The fourth-order valence-electron chi connectivity index (χ4n) is 1.97. The van der Waals surface area contributed by atoms with Gasteiger partial charge in [0.2, 0.25) is 0 Å². The smallest absolute Gasteiger partial charge is 0.0671 e. The summed E-state index contributed by atoms with van der Waals surface area (Å²) in [6, 6.07) is 4.58. The fraction of sp³-hybridized carbons (Fsp3) is 0.455. The van der Waals surface area contributed by atoms with Gasteiger partial charge in [-0.3, -0.25) is 0 Å². The van der Waals surface area contributed by atoms with E-state index in [4.69, 9.17) is 0 Å². The predicted molar refractivity (Wildman–Crippen MR) is 57.8 cm³/mol. The van der Waals surface area contributed by atoms with Crippen molar-refractivity contribution in [2.24, 2.45) is 0 Å². The van der Waals surface area contributed by atoms with Crippen molar-refractivity contribution in [1.82, 2.24) is 0 Å². The van der Waals surface area contributed by atoms with Gasteiger partial charge in [-0.1, -0.05) is 47.1 Å². The maximum atomic E-state index is 2.36. The van der Waals surface area contributed by atoms with Crippen LogP contribution in [0.3, 0.4) is 0 Å². The number of benzene rings is 1. The van der Waals surface area contributed by atoms with E-state index in [1.54, 1.807) is 5.19 Å². The predicted octanol–water partition coefficient (Wildman–Crippen LogP) is 2.57. The molecule has 0 spiro atoms.